The number of amides is 1. The van der Waals surface area contributed by atoms with Gasteiger partial charge in [-0.15, -0.1) is 0 Å². The topological polar surface area (TPSA) is 70.4 Å². The Kier molecular flexibility index (Phi) is 4.36. The second-order valence-electron chi connectivity index (χ2n) is 4.75. The standard InChI is InChI=1S/C15H16N2O3/c1-20-15(19)13-3-2-8-17(13)14(18)9-11-4-6-12(10-16)7-5-11/h4-7,13H,2-3,8-9H2,1H3. The molecule has 1 atom stereocenters. The first-order valence-corrected chi connectivity index (χ1v) is 6.52. The van der Waals surface area contributed by atoms with E-state index in [9.17, 15) is 9.59 Å². The van der Waals surface area contributed by atoms with E-state index in [2.05, 4.69) is 0 Å². The number of nitrogens with zero attached hydrogens (tertiary/aromatic N) is 2. The van der Waals surface area contributed by atoms with Gasteiger partial charge >= 0.3 is 5.97 Å². The van der Waals surface area contributed by atoms with Crippen LogP contribution in [0, 0.1) is 11.3 Å². The predicted octanol–water partition coefficient (Wildman–Crippen LogP) is 1.26. The first kappa shape index (κ1) is 14.1. The fourth-order valence-corrected chi connectivity index (χ4v) is 2.42. The molecular weight excluding hydrogens is 256 g/mol. The molecule has 1 saturated heterocycles. The number of ether oxygens (including phenoxy) is 1. The first-order valence-electron chi connectivity index (χ1n) is 6.52. The SMILES string of the molecule is COC(=O)C1CCCN1C(=O)Cc1ccc(C#N)cc1. The van der Waals surface area contributed by atoms with Gasteiger partial charge in [0, 0.05) is 6.54 Å². The highest BCUT2D eigenvalue weighted by Gasteiger charge is 2.34. The van der Waals surface area contributed by atoms with Gasteiger partial charge in [-0.2, -0.15) is 5.26 Å². The van der Waals surface area contributed by atoms with Crippen molar-refractivity contribution in [3.63, 3.8) is 0 Å². The summed E-state index contributed by atoms with van der Waals surface area (Å²) in [6.45, 7) is 0.592. The summed E-state index contributed by atoms with van der Waals surface area (Å²) in [5.41, 5.74) is 1.40. The van der Waals surface area contributed by atoms with Crippen LogP contribution in [-0.2, 0) is 20.7 Å². The monoisotopic (exact) mass is 272 g/mol. The number of likely N-dealkylation sites (tertiary alicyclic amines) is 1. The quantitative estimate of drug-likeness (QED) is 0.777. The Morgan fingerprint density at radius 2 is 2.10 bits per heavy atom. The molecule has 104 valence electrons. The van der Waals surface area contributed by atoms with Crippen molar-refractivity contribution in [2.75, 3.05) is 13.7 Å². The van der Waals surface area contributed by atoms with Crippen LogP contribution in [0.15, 0.2) is 24.3 Å². The van der Waals surface area contributed by atoms with Gasteiger partial charge in [0.1, 0.15) is 6.04 Å². The molecule has 1 amide bonds. The van der Waals surface area contributed by atoms with Crippen molar-refractivity contribution in [1.82, 2.24) is 4.90 Å². The van der Waals surface area contributed by atoms with E-state index in [1.807, 2.05) is 6.07 Å². The van der Waals surface area contributed by atoms with Gasteiger partial charge in [-0.05, 0) is 30.5 Å². The van der Waals surface area contributed by atoms with Crippen molar-refractivity contribution in [3.8, 4) is 6.07 Å². The highest BCUT2D eigenvalue weighted by Crippen LogP contribution is 2.19. The summed E-state index contributed by atoms with van der Waals surface area (Å²) in [6, 6.07) is 8.48. The minimum atomic E-state index is -0.453. The van der Waals surface area contributed by atoms with E-state index in [0.717, 1.165) is 12.0 Å². The molecule has 0 aliphatic carbocycles. The number of carbonyl (C=O) groups is 2. The zero-order chi connectivity index (χ0) is 14.5. The third-order valence-electron chi connectivity index (χ3n) is 3.48. The number of benzene rings is 1. The molecule has 20 heavy (non-hydrogen) atoms. The number of esters is 1. The van der Waals surface area contributed by atoms with E-state index in [-0.39, 0.29) is 18.3 Å². The molecule has 0 spiro atoms. The predicted molar refractivity (Wildman–Crippen MR) is 71.6 cm³/mol. The Balaban J connectivity index is 2.03. The lowest BCUT2D eigenvalue weighted by atomic mass is 10.1. The molecule has 1 aromatic carbocycles. The maximum atomic E-state index is 12.3. The fraction of sp³-hybridized carbons (Fsp3) is 0.400. The minimum absolute atomic E-state index is 0.0809. The average molecular weight is 272 g/mol. The second-order valence-corrected chi connectivity index (χ2v) is 4.75. The lowest BCUT2D eigenvalue weighted by molar-refractivity contribution is -0.150. The lowest BCUT2D eigenvalue weighted by Crippen LogP contribution is -2.41. The van der Waals surface area contributed by atoms with E-state index in [0.29, 0.717) is 18.5 Å². The van der Waals surface area contributed by atoms with Crippen molar-refractivity contribution < 1.29 is 14.3 Å². The van der Waals surface area contributed by atoms with Gasteiger partial charge in [0.15, 0.2) is 0 Å². The molecule has 1 unspecified atom stereocenters. The van der Waals surface area contributed by atoms with Gasteiger partial charge in [0.05, 0.1) is 25.2 Å². The lowest BCUT2D eigenvalue weighted by Gasteiger charge is -2.22. The number of hydrogen-bond acceptors (Lipinski definition) is 4. The van der Waals surface area contributed by atoms with Gasteiger partial charge in [0.2, 0.25) is 5.91 Å². The maximum Gasteiger partial charge on any atom is 0.328 e. The number of carbonyl (C=O) groups excluding carboxylic acids is 2. The fourth-order valence-electron chi connectivity index (χ4n) is 2.42. The van der Waals surface area contributed by atoms with Crippen LogP contribution >= 0.6 is 0 Å². The van der Waals surface area contributed by atoms with E-state index < -0.39 is 6.04 Å². The maximum absolute atomic E-state index is 12.3. The Bertz CT molecular complexity index is 545. The molecule has 0 radical (unpaired) electrons. The van der Waals surface area contributed by atoms with Crippen LogP contribution in [-0.4, -0.2) is 36.5 Å². The summed E-state index contributed by atoms with van der Waals surface area (Å²) < 4.78 is 4.73. The summed E-state index contributed by atoms with van der Waals surface area (Å²) in [7, 11) is 1.34. The summed E-state index contributed by atoms with van der Waals surface area (Å²) in [4.78, 5) is 25.5. The first-order chi connectivity index (χ1) is 9.65. The van der Waals surface area contributed by atoms with Crippen molar-refractivity contribution in [2.45, 2.75) is 25.3 Å². The Hall–Kier alpha value is -2.35. The molecule has 5 heteroatoms. The molecule has 5 nitrogen and oxygen atoms in total. The van der Waals surface area contributed by atoms with Crippen molar-refractivity contribution in [2.24, 2.45) is 0 Å². The van der Waals surface area contributed by atoms with E-state index >= 15 is 0 Å². The summed E-state index contributed by atoms with van der Waals surface area (Å²) >= 11 is 0. The van der Waals surface area contributed by atoms with E-state index in [1.165, 1.54) is 7.11 Å². The van der Waals surface area contributed by atoms with Crippen LogP contribution in [0.2, 0.25) is 0 Å². The highest BCUT2D eigenvalue weighted by atomic mass is 16.5. The minimum Gasteiger partial charge on any atom is -0.467 e. The van der Waals surface area contributed by atoms with Gasteiger partial charge in [-0.25, -0.2) is 4.79 Å². The zero-order valence-corrected chi connectivity index (χ0v) is 11.3. The number of hydrogen-bond donors (Lipinski definition) is 0. The van der Waals surface area contributed by atoms with Gasteiger partial charge in [-0.1, -0.05) is 12.1 Å². The number of rotatable bonds is 3. The zero-order valence-electron chi connectivity index (χ0n) is 11.3. The van der Waals surface area contributed by atoms with Gasteiger partial charge in [-0.3, -0.25) is 4.79 Å². The number of nitriles is 1. The van der Waals surface area contributed by atoms with Crippen LogP contribution in [0.3, 0.4) is 0 Å². The highest BCUT2D eigenvalue weighted by molar-refractivity contribution is 5.86. The Labute approximate surface area is 117 Å². The third kappa shape index (κ3) is 2.97. The Morgan fingerprint density at radius 3 is 2.70 bits per heavy atom. The van der Waals surface area contributed by atoms with Crippen molar-refractivity contribution >= 4 is 11.9 Å². The molecule has 0 N–H and O–H groups in total. The Morgan fingerprint density at radius 1 is 1.40 bits per heavy atom. The van der Waals surface area contributed by atoms with Crippen molar-refractivity contribution in [1.29, 1.82) is 5.26 Å². The van der Waals surface area contributed by atoms with Gasteiger partial charge in [0.25, 0.3) is 0 Å². The molecule has 0 aromatic heterocycles. The largest absolute Gasteiger partial charge is 0.467 e. The molecule has 1 aliphatic heterocycles. The molecule has 0 bridgehead atoms. The van der Waals surface area contributed by atoms with Crippen LogP contribution in [0.1, 0.15) is 24.0 Å². The summed E-state index contributed by atoms with van der Waals surface area (Å²) in [6.07, 6.45) is 1.71. The molecular formula is C15H16N2O3. The van der Waals surface area contributed by atoms with Crippen LogP contribution in [0.5, 0.6) is 0 Å². The average Bonchev–Trinajstić information content (AvgIpc) is 2.96. The third-order valence-corrected chi connectivity index (χ3v) is 3.48. The normalized spacial score (nSPS) is 17.6. The molecule has 1 heterocycles. The molecule has 2 rings (SSSR count). The molecule has 1 fully saturated rings. The van der Waals surface area contributed by atoms with E-state index in [4.69, 9.17) is 10.00 Å². The van der Waals surface area contributed by atoms with Crippen LogP contribution < -0.4 is 0 Å². The van der Waals surface area contributed by atoms with Crippen molar-refractivity contribution in [3.05, 3.63) is 35.4 Å². The molecule has 1 aliphatic rings. The summed E-state index contributed by atoms with van der Waals surface area (Å²) in [5, 5.41) is 8.73. The van der Waals surface area contributed by atoms with Gasteiger partial charge < -0.3 is 9.64 Å². The van der Waals surface area contributed by atoms with Crippen LogP contribution in [0.4, 0.5) is 0 Å². The second kappa shape index (κ2) is 6.20. The number of methoxy groups -OCH3 is 1. The molecule has 1 aromatic rings. The van der Waals surface area contributed by atoms with E-state index in [1.54, 1.807) is 29.2 Å². The molecule has 0 saturated carbocycles. The van der Waals surface area contributed by atoms with Crippen LogP contribution in [0.25, 0.3) is 0 Å². The smallest absolute Gasteiger partial charge is 0.328 e. The summed E-state index contributed by atoms with van der Waals surface area (Å²) in [5.74, 6) is -0.432.